The Morgan fingerprint density at radius 2 is 2.14 bits per heavy atom. The van der Waals surface area contributed by atoms with Crippen LogP contribution in [0.4, 0.5) is 8.78 Å². The summed E-state index contributed by atoms with van der Waals surface area (Å²) in [6.07, 6.45) is -2.94. The summed E-state index contributed by atoms with van der Waals surface area (Å²) in [6.45, 7) is 0. The van der Waals surface area contributed by atoms with Crippen LogP contribution in [0.1, 0.15) is 22.5 Å². The van der Waals surface area contributed by atoms with Crippen molar-refractivity contribution in [2.45, 2.75) is 6.43 Å². The highest BCUT2D eigenvalue weighted by Gasteiger charge is 2.19. The summed E-state index contributed by atoms with van der Waals surface area (Å²) in [5.74, 6) is -2.36. The summed E-state index contributed by atoms with van der Waals surface area (Å²) in [7, 11) is 0. The Bertz CT molecular complexity index is 383. The van der Waals surface area contributed by atoms with Crippen molar-refractivity contribution in [1.82, 2.24) is 4.98 Å². The first kappa shape index (κ1) is 10.6. The lowest BCUT2D eigenvalue weighted by molar-refractivity contribution is 0.0693. The Hall–Kier alpha value is -1.43. The number of aromatic nitrogens is 1. The van der Waals surface area contributed by atoms with Gasteiger partial charge in [-0.15, -0.1) is 0 Å². The summed E-state index contributed by atoms with van der Waals surface area (Å²) in [4.78, 5) is 13.6. The number of aromatic hydroxyl groups is 1. The molecule has 0 atom stereocenters. The molecular formula is C7H4ClF2NO3. The van der Waals surface area contributed by atoms with Gasteiger partial charge in [0.05, 0.1) is 0 Å². The molecule has 0 bridgehead atoms. The molecule has 76 valence electrons. The number of halogens is 3. The van der Waals surface area contributed by atoms with Crippen LogP contribution < -0.4 is 0 Å². The van der Waals surface area contributed by atoms with Crippen molar-refractivity contribution in [3.8, 4) is 5.75 Å². The second-order valence-electron chi connectivity index (χ2n) is 2.34. The minimum atomic E-state index is -2.94. The summed E-state index contributed by atoms with van der Waals surface area (Å²) >= 11 is 5.25. The number of hydrogen-bond acceptors (Lipinski definition) is 3. The molecule has 0 aromatic carbocycles. The summed E-state index contributed by atoms with van der Waals surface area (Å²) in [6, 6.07) is 0.578. The second kappa shape index (κ2) is 3.75. The summed E-state index contributed by atoms with van der Waals surface area (Å²) in [5.41, 5.74) is -1.48. The zero-order chi connectivity index (χ0) is 10.9. The number of pyridine rings is 1. The Morgan fingerprint density at radius 1 is 1.57 bits per heavy atom. The van der Waals surface area contributed by atoms with E-state index in [1.165, 1.54) is 0 Å². The molecular weight excluding hydrogens is 220 g/mol. The highest BCUT2D eigenvalue weighted by atomic mass is 35.5. The van der Waals surface area contributed by atoms with Gasteiger partial charge in [0, 0.05) is 0 Å². The van der Waals surface area contributed by atoms with E-state index < -0.39 is 34.6 Å². The fourth-order valence-electron chi connectivity index (χ4n) is 0.801. The van der Waals surface area contributed by atoms with Crippen LogP contribution in [-0.4, -0.2) is 21.2 Å². The fourth-order valence-corrected chi connectivity index (χ4v) is 1.00. The van der Waals surface area contributed by atoms with E-state index >= 15 is 0 Å². The first-order valence-corrected chi connectivity index (χ1v) is 3.72. The van der Waals surface area contributed by atoms with Crippen LogP contribution in [0.5, 0.6) is 5.75 Å². The van der Waals surface area contributed by atoms with Crippen LogP contribution >= 0.6 is 11.6 Å². The Kier molecular flexibility index (Phi) is 2.85. The quantitative estimate of drug-likeness (QED) is 0.753. The lowest BCUT2D eigenvalue weighted by Gasteiger charge is -2.04. The van der Waals surface area contributed by atoms with E-state index in [0.29, 0.717) is 6.07 Å². The molecule has 0 saturated carbocycles. The third-order valence-electron chi connectivity index (χ3n) is 1.42. The van der Waals surface area contributed by atoms with Crippen LogP contribution in [0.25, 0.3) is 0 Å². The molecule has 0 aliphatic carbocycles. The van der Waals surface area contributed by atoms with Gasteiger partial charge in [-0.25, -0.2) is 18.6 Å². The largest absolute Gasteiger partial charge is 0.504 e. The fraction of sp³-hybridized carbons (Fsp3) is 0.143. The van der Waals surface area contributed by atoms with Gasteiger partial charge in [-0.05, 0) is 6.07 Å². The van der Waals surface area contributed by atoms with Crippen LogP contribution in [0.3, 0.4) is 0 Å². The highest BCUT2D eigenvalue weighted by Crippen LogP contribution is 2.29. The van der Waals surface area contributed by atoms with E-state index in [2.05, 4.69) is 4.98 Å². The minimum absolute atomic E-state index is 0.578. The monoisotopic (exact) mass is 223 g/mol. The van der Waals surface area contributed by atoms with E-state index in [-0.39, 0.29) is 0 Å². The topological polar surface area (TPSA) is 70.4 Å². The van der Waals surface area contributed by atoms with Gasteiger partial charge in [0.2, 0.25) is 0 Å². The first-order valence-electron chi connectivity index (χ1n) is 3.34. The van der Waals surface area contributed by atoms with E-state index in [4.69, 9.17) is 21.8 Å². The molecule has 0 aliphatic rings. The van der Waals surface area contributed by atoms with Crippen LogP contribution in [0.2, 0.25) is 5.15 Å². The molecule has 0 fully saturated rings. The van der Waals surface area contributed by atoms with Crippen molar-refractivity contribution in [3.63, 3.8) is 0 Å². The van der Waals surface area contributed by atoms with Gasteiger partial charge < -0.3 is 10.2 Å². The standard InChI is InChI=1S/C7H4ClF2NO3/c8-5-4(12)2(7(13)14)1-3(11-5)6(9)10/h1,6,12H,(H,13,14). The molecule has 14 heavy (non-hydrogen) atoms. The maximum atomic E-state index is 12.1. The van der Waals surface area contributed by atoms with E-state index in [9.17, 15) is 13.6 Å². The summed E-state index contributed by atoms with van der Waals surface area (Å²) in [5, 5.41) is 16.9. The minimum Gasteiger partial charge on any atom is -0.504 e. The van der Waals surface area contributed by atoms with Gasteiger partial charge >= 0.3 is 5.97 Å². The van der Waals surface area contributed by atoms with Crippen molar-refractivity contribution in [2.24, 2.45) is 0 Å². The van der Waals surface area contributed by atoms with Crippen molar-refractivity contribution in [1.29, 1.82) is 0 Å². The van der Waals surface area contributed by atoms with Gasteiger partial charge in [0.25, 0.3) is 6.43 Å². The molecule has 0 aliphatic heterocycles. The molecule has 0 amide bonds. The molecule has 0 saturated heterocycles. The smallest absolute Gasteiger partial charge is 0.339 e. The van der Waals surface area contributed by atoms with Gasteiger partial charge in [-0.1, -0.05) is 11.6 Å². The van der Waals surface area contributed by atoms with Crippen LogP contribution in [0, 0.1) is 0 Å². The average molecular weight is 224 g/mol. The average Bonchev–Trinajstić information content (AvgIpc) is 2.08. The van der Waals surface area contributed by atoms with Crippen molar-refractivity contribution >= 4 is 17.6 Å². The van der Waals surface area contributed by atoms with E-state index in [1.807, 2.05) is 0 Å². The molecule has 1 aromatic heterocycles. The normalized spacial score (nSPS) is 10.6. The third-order valence-corrected chi connectivity index (χ3v) is 1.69. The Morgan fingerprint density at radius 3 is 2.57 bits per heavy atom. The molecule has 0 unspecified atom stereocenters. The number of rotatable bonds is 2. The van der Waals surface area contributed by atoms with Gasteiger partial charge in [-0.3, -0.25) is 0 Å². The number of carboxylic acid groups (broad SMARTS) is 1. The zero-order valence-electron chi connectivity index (χ0n) is 6.54. The van der Waals surface area contributed by atoms with Gasteiger partial charge in [0.15, 0.2) is 10.9 Å². The Balaban J connectivity index is 3.35. The third kappa shape index (κ3) is 1.90. The molecule has 4 nitrogen and oxygen atoms in total. The summed E-state index contributed by atoms with van der Waals surface area (Å²) < 4.78 is 24.3. The second-order valence-corrected chi connectivity index (χ2v) is 2.70. The van der Waals surface area contributed by atoms with Gasteiger partial charge in [-0.2, -0.15) is 0 Å². The SMILES string of the molecule is O=C(O)c1cc(C(F)F)nc(Cl)c1O. The number of hydrogen-bond donors (Lipinski definition) is 2. The zero-order valence-corrected chi connectivity index (χ0v) is 7.29. The molecule has 0 radical (unpaired) electrons. The van der Waals surface area contributed by atoms with Gasteiger partial charge in [0.1, 0.15) is 11.3 Å². The predicted molar refractivity (Wildman–Crippen MR) is 42.8 cm³/mol. The Labute approximate surface area is 81.8 Å². The number of alkyl halides is 2. The highest BCUT2D eigenvalue weighted by molar-refractivity contribution is 6.31. The number of carboxylic acids is 1. The van der Waals surface area contributed by atoms with Crippen LogP contribution in [0.15, 0.2) is 6.07 Å². The molecule has 2 N–H and O–H groups in total. The number of aromatic carboxylic acids is 1. The molecule has 0 spiro atoms. The lowest BCUT2D eigenvalue weighted by atomic mass is 10.2. The number of nitrogens with zero attached hydrogens (tertiary/aromatic N) is 1. The predicted octanol–water partition coefficient (Wildman–Crippen LogP) is 2.08. The van der Waals surface area contributed by atoms with Crippen molar-refractivity contribution < 1.29 is 23.8 Å². The number of carbonyl (C=O) groups is 1. The van der Waals surface area contributed by atoms with E-state index in [1.54, 1.807) is 0 Å². The lowest BCUT2D eigenvalue weighted by Crippen LogP contribution is -2.01. The van der Waals surface area contributed by atoms with Crippen LogP contribution in [-0.2, 0) is 0 Å². The van der Waals surface area contributed by atoms with Crippen molar-refractivity contribution in [2.75, 3.05) is 0 Å². The molecule has 1 rings (SSSR count). The van der Waals surface area contributed by atoms with E-state index in [0.717, 1.165) is 0 Å². The first-order chi connectivity index (χ1) is 6.43. The maximum absolute atomic E-state index is 12.1. The molecule has 1 heterocycles. The maximum Gasteiger partial charge on any atom is 0.339 e. The molecule has 7 heteroatoms. The van der Waals surface area contributed by atoms with Crippen molar-refractivity contribution in [3.05, 3.63) is 22.5 Å². The molecule has 1 aromatic rings.